The average Bonchev–Trinajstić information content (AvgIpc) is 2.64. The molecule has 4 rings (SSSR count). The Kier molecular flexibility index (Phi) is 4.15. The van der Waals surface area contributed by atoms with Crippen molar-refractivity contribution < 1.29 is 23.7 Å². The first kappa shape index (κ1) is 17.0. The molecule has 0 saturated carbocycles. The number of halogens is 1. The van der Waals surface area contributed by atoms with E-state index in [9.17, 15) is 9.50 Å². The Hall–Kier alpha value is -2.47. The molecule has 0 spiro atoms. The number of methoxy groups -OCH3 is 2. The van der Waals surface area contributed by atoms with Gasteiger partial charge in [-0.15, -0.1) is 0 Å². The van der Waals surface area contributed by atoms with Gasteiger partial charge < -0.3 is 19.3 Å². The van der Waals surface area contributed by atoms with Crippen LogP contribution >= 0.6 is 0 Å². The summed E-state index contributed by atoms with van der Waals surface area (Å²) in [4.78, 5) is 2.31. The number of hydrogen-bond donors (Lipinski definition) is 1. The molecule has 0 aromatic heterocycles. The zero-order valence-corrected chi connectivity index (χ0v) is 15.1. The van der Waals surface area contributed by atoms with Gasteiger partial charge in [-0.05, 0) is 60.3 Å². The molecule has 138 valence electrons. The van der Waals surface area contributed by atoms with Crippen LogP contribution in [0.15, 0.2) is 18.2 Å². The Labute approximate surface area is 151 Å². The van der Waals surface area contributed by atoms with Crippen molar-refractivity contribution in [2.75, 3.05) is 34.7 Å². The lowest BCUT2D eigenvalue weighted by atomic mass is 9.76. The van der Waals surface area contributed by atoms with Crippen LogP contribution in [0.5, 0.6) is 23.0 Å². The van der Waals surface area contributed by atoms with Crippen LogP contribution in [0.4, 0.5) is 4.39 Å². The van der Waals surface area contributed by atoms with Crippen molar-refractivity contribution >= 4 is 0 Å². The smallest absolute Gasteiger partial charge is 0.228 e. The predicted octanol–water partition coefficient (Wildman–Crippen LogP) is 3.47. The SMILES string of the molecule is COc1cc2c(cc1O)CC1c3c(cc(OCF)c(OC)c3-2)CCN1C. The third-order valence-corrected chi connectivity index (χ3v) is 5.47. The van der Waals surface area contributed by atoms with Crippen LogP contribution in [0.2, 0.25) is 0 Å². The van der Waals surface area contributed by atoms with Gasteiger partial charge in [0.1, 0.15) is 0 Å². The number of alkyl halides is 1. The molecule has 5 nitrogen and oxygen atoms in total. The van der Waals surface area contributed by atoms with E-state index in [0.717, 1.165) is 41.6 Å². The zero-order valence-electron chi connectivity index (χ0n) is 15.1. The highest BCUT2D eigenvalue weighted by Crippen LogP contribution is 2.53. The molecule has 0 radical (unpaired) electrons. The Bertz CT molecular complexity index is 868. The molecule has 2 aromatic carbocycles. The number of aromatic hydroxyl groups is 1. The Morgan fingerprint density at radius 3 is 2.65 bits per heavy atom. The maximum Gasteiger partial charge on any atom is 0.228 e. The molecule has 26 heavy (non-hydrogen) atoms. The first-order valence-corrected chi connectivity index (χ1v) is 8.62. The molecule has 0 amide bonds. The van der Waals surface area contributed by atoms with Gasteiger partial charge >= 0.3 is 0 Å². The molecule has 2 aliphatic rings. The third-order valence-electron chi connectivity index (χ3n) is 5.47. The lowest BCUT2D eigenvalue weighted by Crippen LogP contribution is -2.35. The fraction of sp³-hybridized carbons (Fsp3) is 0.400. The number of hydrogen-bond acceptors (Lipinski definition) is 5. The topological polar surface area (TPSA) is 51.2 Å². The van der Waals surface area contributed by atoms with E-state index in [1.165, 1.54) is 12.7 Å². The maximum absolute atomic E-state index is 12.9. The fourth-order valence-corrected chi connectivity index (χ4v) is 4.25. The third kappa shape index (κ3) is 2.40. The van der Waals surface area contributed by atoms with Crippen molar-refractivity contribution in [2.45, 2.75) is 18.9 Å². The van der Waals surface area contributed by atoms with Crippen molar-refractivity contribution in [1.29, 1.82) is 0 Å². The quantitative estimate of drug-likeness (QED) is 0.906. The van der Waals surface area contributed by atoms with E-state index in [0.29, 0.717) is 17.2 Å². The van der Waals surface area contributed by atoms with E-state index in [-0.39, 0.29) is 11.8 Å². The second kappa shape index (κ2) is 6.36. The molecule has 0 bridgehead atoms. The highest BCUT2D eigenvalue weighted by atomic mass is 19.1. The van der Waals surface area contributed by atoms with Crippen molar-refractivity contribution in [3.8, 4) is 34.1 Å². The van der Waals surface area contributed by atoms with E-state index in [1.54, 1.807) is 13.2 Å². The molecule has 1 heterocycles. The van der Waals surface area contributed by atoms with Gasteiger partial charge in [-0.2, -0.15) is 0 Å². The first-order chi connectivity index (χ1) is 12.6. The summed E-state index contributed by atoms with van der Waals surface area (Å²) in [7, 11) is 5.19. The lowest BCUT2D eigenvalue weighted by Gasteiger charge is -2.40. The minimum atomic E-state index is -0.913. The van der Waals surface area contributed by atoms with E-state index >= 15 is 0 Å². The first-order valence-electron chi connectivity index (χ1n) is 8.62. The van der Waals surface area contributed by atoms with E-state index in [4.69, 9.17) is 14.2 Å². The van der Waals surface area contributed by atoms with Crippen LogP contribution in [0.1, 0.15) is 22.7 Å². The summed E-state index contributed by atoms with van der Waals surface area (Å²) >= 11 is 0. The number of phenols is 1. The second-order valence-electron chi connectivity index (χ2n) is 6.74. The molecule has 1 N–H and O–H groups in total. The molecule has 6 heteroatoms. The number of fused-ring (bicyclic) bond motifs is 2. The largest absolute Gasteiger partial charge is 0.504 e. The van der Waals surface area contributed by atoms with Crippen LogP contribution in [-0.2, 0) is 12.8 Å². The number of likely N-dealkylation sites (N-methyl/N-ethyl adjacent to an activating group) is 1. The van der Waals surface area contributed by atoms with Crippen LogP contribution < -0.4 is 14.2 Å². The molecule has 1 atom stereocenters. The summed E-state index contributed by atoms with van der Waals surface area (Å²) in [6.45, 7) is -0.000352. The molecule has 2 aromatic rings. The normalized spacial score (nSPS) is 18.1. The van der Waals surface area contributed by atoms with E-state index in [1.807, 2.05) is 12.1 Å². The molecular formula is C20H22FNO4. The Morgan fingerprint density at radius 2 is 1.96 bits per heavy atom. The van der Waals surface area contributed by atoms with Gasteiger partial charge in [0.05, 0.1) is 14.2 Å². The van der Waals surface area contributed by atoms with Gasteiger partial charge in [0.15, 0.2) is 23.0 Å². The summed E-state index contributed by atoms with van der Waals surface area (Å²) < 4.78 is 29.1. The summed E-state index contributed by atoms with van der Waals surface area (Å²) in [5, 5.41) is 10.2. The van der Waals surface area contributed by atoms with Crippen LogP contribution in [-0.4, -0.2) is 44.7 Å². The highest BCUT2D eigenvalue weighted by molar-refractivity contribution is 5.85. The second-order valence-corrected chi connectivity index (χ2v) is 6.74. The Balaban J connectivity index is 2.05. The van der Waals surface area contributed by atoms with E-state index < -0.39 is 6.86 Å². The molecule has 1 aliphatic carbocycles. The van der Waals surface area contributed by atoms with Gasteiger partial charge in [0, 0.05) is 18.2 Å². The summed E-state index contributed by atoms with van der Waals surface area (Å²) in [5.41, 5.74) is 5.21. The standard InChI is InChI=1S/C20H22FNO4/c1-22-5-4-11-8-17(26-10-21)20(25-3)19-13-9-16(24-2)15(23)7-12(13)6-14(22)18(11)19/h7-9,14,23H,4-6,10H2,1-3H3. The molecule has 1 unspecified atom stereocenters. The van der Waals surface area contributed by atoms with Gasteiger partial charge in [0.25, 0.3) is 0 Å². The van der Waals surface area contributed by atoms with Crippen molar-refractivity contribution in [3.63, 3.8) is 0 Å². The summed E-state index contributed by atoms with van der Waals surface area (Å²) in [5.74, 6) is 1.45. The Morgan fingerprint density at radius 1 is 1.15 bits per heavy atom. The number of rotatable bonds is 4. The molecule has 1 aliphatic heterocycles. The average molecular weight is 359 g/mol. The summed E-state index contributed by atoms with van der Waals surface area (Å²) in [6.07, 6.45) is 1.66. The summed E-state index contributed by atoms with van der Waals surface area (Å²) in [6, 6.07) is 5.66. The number of benzene rings is 2. The van der Waals surface area contributed by atoms with Crippen molar-refractivity contribution in [3.05, 3.63) is 34.9 Å². The highest BCUT2D eigenvalue weighted by Gasteiger charge is 2.36. The van der Waals surface area contributed by atoms with Crippen LogP contribution in [0, 0.1) is 0 Å². The predicted molar refractivity (Wildman–Crippen MR) is 96.0 cm³/mol. The number of phenolic OH excluding ortho intramolecular Hbond substituents is 1. The van der Waals surface area contributed by atoms with Gasteiger partial charge in [-0.1, -0.05) is 0 Å². The van der Waals surface area contributed by atoms with Crippen molar-refractivity contribution in [1.82, 2.24) is 4.90 Å². The van der Waals surface area contributed by atoms with Gasteiger partial charge in [-0.3, -0.25) is 4.90 Å². The molecular weight excluding hydrogens is 337 g/mol. The maximum atomic E-state index is 12.9. The van der Waals surface area contributed by atoms with E-state index in [2.05, 4.69) is 11.9 Å². The van der Waals surface area contributed by atoms with Gasteiger partial charge in [-0.25, -0.2) is 4.39 Å². The lowest BCUT2D eigenvalue weighted by molar-refractivity contribution is 0.183. The zero-order chi connectivity index (χ0) is 18.4. The fourth-order valence-electron chi connectivity index (χ4n) is 4.25. The molecule has 0 fully saturated rings. The van der Waals surface area contributed by atoms with Gasteiger partial charge in [0.2, 0.25) is 6.86 Å². The minimum absolute atomic E-state index is 0.114. The molecule has 0 saturated heterocycles. The minimum Gasteiger partial charge on any atom is -0.504 e. The monoisotopic (exact) mass is 359 g/mol. The number of ether oxygens (including phenoxy) is 3. The number of nitrogens with zero attached hydrogens (tertiary/aromatic N) is 1. The van der Waals surface area contributed by atoms with Crippen LogP contribution in [0.25, 0.3) is 11.1 Å². The van der Waals surface area contributed by atoms with Crippen molar-refractivity contribution in [2.24, 2.45) is 0 Å². The van der Waals surface area contributed by atoms with Crippen LogP contribution in [0.3, 0.4) is 0 Å².